The minimum atomic E-state index is -0.172. The topological polar surface area (TPSA) is 21.3 Å². The van der Waals surface area contributed by atoms with E-state index in [9.17, 15) is 4.39 Å². The first-order chi connectivity index (χ1) is 7.77. The van der Waals surface area contributed by atoms with Crippen LogP contribution in [-0.2, 0) is 4.74 Å². The first-order valence-electron chi connectivity index (χ1n) is 5.57. The van der Waals surface area contributed by atoms with Crippen molar-refractivity contribution >= 4 is 5.69 Å². The van der Waals surface area contributed by atoms with Crippen molar-refractivity contribution in [2.75, 3.05) is 11.9 Å². The molecular formula is C13H16FNO. The fourth-order valence-electron chi connectivity index (χ4n) is 1.76. The van der Waals surface area contributed by atoms with Gasteiger partial charge in [0, 0.05) is 11.3 Å². The lowest BCUT2D eigenvalue weighted by Gasteiger charge is -2.20. The second-order valence-electron chi connectivity index (χ2n) is 4.00. The summed E-state index contributed by atoms with van der Waals surface area (Å²) >= 11 is 0. The van der Waals surface area contributed by atoms with Gasteiger partial charge in [-0.2, -0.15) is 0 Å². The fraction of sp³-hybridized carbons (Fsp3) is 0.385. The van der Waals surface area contributed by atoms with Crippen LogP contribution in [0.4, 0.5) is 10.1 Å². The maximum atomic E-state index is 13.3. The molecule has 86 valence electrons. The van der Waals surface area contributed by atoms with Gasteiger partial charge in [0.25, 0.3) is 0 Å². The number of nitrogens with one attached hydrogen (secondary N) is 1. The van der Waals surface area contributed by atoms with E-state index in [4.69, 9.17) is 4.74 Å². The van der Waals surface area contributed by atoms with Crippen LogP contribution in [0.25, 0.3) is 0 Å². The fourth-order valence-corrected chi connectivity index (χ4v) is 1.76. The van der Waals surface area contributed by atoms with Crippen molar-refractivity contribution in [3.05, 3.63) is 41.9 Å². The monoisotopic (exact) mass is 221 g/mol. The molecule has 1 aromatic carbocycles. The zero-order valence-electron chi connectivity index (χ0n) is 9.37. The number of hydrogen-bond acceptors (Lipinski definition) is 2. The minimum Gasteiger partial charge on any atom is -0.497 e. The number of hydrogen-bond donors (Lipinski definition) is 1. The molecule has 2 rings (SSSR count). The summed E-state index contributed by atoms with van der Waals surface area (Å²) in [7, 11) is 0. The molecule has 1 aliphatic heterocycles. The summed E-state index contributed by atoms with van der Waals surface area (Å²) in [6.45, 7) is 2.49. The molecule has 0 amide bonds. The van der Waals surface area contributed by atoms with Crippen LogP contribution in [-0.4, -0.2) is 12.6 Å². The molecule has 1 heterocycles. The van der Waals surface area contributed by atoms with Crippen LogP contribution in [0.5, 0.6) is 0 Å². The Morgan fingerprint density at radius 2 is 2.38 bits per heavy atom. The molecule has 0 aromatic heterocycles. The van der Waals surface area contributed by atoms with Crippen LogP contribution in [0.2, 0.25) is 0 Å². The van der Waals surface area contributed by atoms with Crippen LogP contribution in [0, 0.1) is 12.7 Å². The number of rotatable bonds is 3. The SMILES string of the molecule is Cc1c(F)cccc1NCC1CCC=CO1. The Kier molecular flexibility index (Phi) is 3.44. The van der Waals surface area contributed by atoms with E-state index in [1.165, 1.54) is 6.07 Å². The number of halogens is 1. The van der Waals surface area contributed by atoms with Crippen molar-refractivity contribution in [3.63, 3.8) is 0 Å². The Balaban J connectivity index is 1.94. The molecule has 1 aliphatic rings. The predicted octanol–water partition coefficient (Wildman–Crippen LogP) is 3.24. The van der Waals surface area contributed by atoms with Crippen molar-refractivity contribution in [2.45, 2.75) is 25.9 Å². The average molecular weight is 221 g/mol. The van der Waals surface area contributed by atoms with Gasteiger partial charge in [-0.25, -0.2) is 4.39 Å². The Bertz CT molecular complexity index is 390. The molecule has 0 spiro atoms. The molecule has 16 heavy (non-hydrogen) atoms. The number of anilines is 1. The van der Waals surface area contributed by atoms with E-state index in [-0.39, 0.29) is 11.9 Å². The number of ether oxygens (including phenoxy) is 1. The minimum absolute atomic E-state index is 0.172. The molecule has 2 nitrogen and oxygen atoms in total. The lowest BCUT2D eigenvalue weighted by molar-refractivity contribution is 0.135. The summed E-state index contributed by atoms with van der Waals surface area (Å²) < 4.78 is 18.7. The Morgan fingerprint density at radius 1 is 1.50 bits per heavy atom. The standard InChI is InChI=1S/C13H16FNO/c1-10-12(14)6-4-7-13(10)15-9-11-5-2-3-8-16-11/h3-4,6-8,11,15H,2,5,9H2,1H3. The van der Waals surface area contributed by atoms with Crippen molar-refractivity contribution in [3.8, 4) is 0 Å². The van der Waals surface area contributed by atoms with Gasteiger partial charge in [-0.1, -0.05) is 6.07 Å². The van der Waals surface area contributed by atoms with Crippen molar-refractivity contribution in [1.29, 1.82) is 0 Å². The third-order valence-electron chi connectivity index (χ3n) is 2.81. The third-order valence-corrected chi connectivity index (χ3v) is 2.81. The van der Waals surface area contributed by atoms with Gasteiger partial charge in [0.2, 0.25) is 0 Å². The Morgan fingerprint density at radius 3 is 3.12 bits per heavy atom. The van der Waals surface area contributed by atoms with E-state index in [0.29, 0.717) is 12.1 Å². The van der Waals surface area contributed by atoms with Gasteiger partial charge in [0.1, 0.15) is 11.9 Å². The lowest BCUT2D eigenvalue weighted by atomic mass is 10.1. The highest BCUT2D eigenvalue weighted by molar-refractivity contribution is 5.50. The highest BCUT2D eigenvalue weighted by atomic mass is 19.1. The maximum absolute atomic E-state index is 13.3. The van der Waals surface area contributed by atoms with E-state index >= 15 is 0 Å². The van der Waals surface area contributed by atoms with Gasteiger partial charge in [-0.3, -0.25) is 0 Å². The molecule has 0 aliphatic carbocycles. The van der Waals surface area contributed by atoms with Crippen LogP contribution in [0.15, 0.2) is 30.5 Å². The highest BCUT2D eigenvalue weighted by Gasteiger charge is 2.11. The summed E-state index contributed by atoms with van der Waals surface area (Å²) in [5, 5.41) is 3.22. The van der Waals surface area contributed by atoms with Gasteiger partial charge in [0.05, 0.1) is 12.8 Å². The largest absolute Gasteiger partial charge is 0.497 e. The third kappa shape index (κ3) is 2.54. The van der Waals surface area contributed by atoms with E-state index in [2.05, 4.69) is 5.32 Å². The predicted molar refractivity (Wildman–Crippen MR) is 62.9 cm³/mol. The van der Waals surface area contributed by atoms with Gasteiger partial charge >= 0.3 is 0 Å². The quantitative estimate of drug-likeness (QED) is 0.846. The number of benzene rings is 1. The molecule has 0 saturated heterocycles. The molecule has 3 heteroatoms. The first kappa shape index (κ1) is 11.0. The normalized spacial score (nSPS) is 19.2. The smallest absolute Gasteiger partial charge is 0.128 e. The second kappa shape index (κ2) is 5.01. The van der Waals surface area contributed by atoms with Gasteiger partial charge < -0.3 is 10.1 Å². The van der Waals surface area contributed by atoms with Crippen LogP contribution in [0.3, 0.4) is 0 Å². The summed E-state index contributed by atoms with van der Waals surface area (Å²) in [5.74, 6) is -0.172. The van der Waals surface area contributed by atoms with E-state index in [1.807, 2.05) is 12.1 Å². The molecule has 1 unspecified atom stereocenters. The van der Waals surface area contributed by atoms with Crippen LogP contribution < -0.4 is 5.32 Å². The van der Waals surface area contributed by atoms with Crippen molar-refractivity contribution < 1.29 is 9.13 Å². The van der Waals surface area contributed by atoms with Crippen LogP contribution >= 0.6 is 0 Å². The highest BCUT2D eigenvalue weighted by Crippen LogP contribution is 2.18. The second-order valence-corrected chi connectivity index (χ2v) is 4.00. The molecule has 1 N–H and O–H groups in total. The zero-order valence-corrected chi connectivity index (χ0v) is 9.37. The van der Waals surface area contributed by atoms with Crippen LogP contribution in [0.1, 0.15) is 18.4 Å². The zero-order chi connectivity index (χ0) is 11.4. The van der Waals surface area contributed by atoms with Gasteiger partial charge in [-0.05, 0) is 38.0 Å². The van der Waals surface area contributed by atoms with E-state index < -0.39 is 0 Å². The summed E-state index contributed by atoms with van der Waals surface area (Å²) in [5.41, 5.74) is 1.51. The molecule has 1 aromatic rings. The van der Waals surface area contributed by atoms with Gasteiger partial charge in [0.15, 0.2) is 0 Å². The summed E-state index contributed by atoms with van der Waals surface area (Å²) in [4.78, 5) is 0. The van der Waals surface area contributed by atoms with Gasteiger partial charge in [-0.15, -0.1) is 0 Å². The average Bonchev–Trinajstić information content (AvgIpc) is 2.32. The van der Waals surface area contributed by atoms with E-state index in [0.717, 1.165) is 18.5 Å². The van der Waals surface area contributed by atoms with E-state index in [1.54, 1.807) is 19.3 Å². The van der Waals surface area contributed by atoms with Crippen molar-refractivity contribution in [2.24, 2.45) is 0 Å². The van der Waals surface area contributed by atoms with Crippen molar-refractivity contribution in [1.82, 2.24) is 0 Å². The molecule has 0 bridgehead atoms. The molecule has 1 atom stereocenters. The number of allylic oxidation sites excluding steroid dienone is 1. The maximum Gasteiger partial charge on any atom is 0.128 e. The lowest BCUT2D eigenvalue weighted by Crippen LogP contribution is -2.23. The first-order valence-corrected chi connectivity index (χ1v) is 5.57. The Hall–Kier alpha value is -1.51. The molecule has 0 radical (unpaired) electrons. The molecule has 0 fully saturated rings. The molecular weight excluding hydrogens is 205 g/mol. The summed E-state index contributed by atoms with van der Waals surface area (Å²) in [6, 6.07) is 5.07. The molecule has 0 saturated carbocycles. The summed E-state index contributed by atoms with van der Waals surface area (Å²) in [6.07, 6.45) is 6.01. The Labute approximate surface area is 95.1 Å².